The highest BCUT2D eigenvalue weighted by atomic mass is 16.5. The molecule has 1 fully saturated rings. The van der Waals surface area contributed by atoms with Gasteiger partial charge in [0.2, 0.25) is 0 Å². The van der Waals surface area contributed by atoms with Crippen molar-refractivity contribution in [3.8, 4) is 0 Å². The maximum Gasteiger partial charge on any atom is 0.339 e. The molecule has 0 spiro atoms. The summed E-state index contributed by atoms with van der Waals surface area (Å²) in [5.74, 6) is -0.833. The minimum Gasteiger partial charge on any atom is -0.478 e. The number of hydrogen-bond donors (Lipinski definition) is 1. The van der Waals surface area contributed by atoms with Gasteiger partial charge in [-0.15, -0.1) is 0 Å². The number of Topliss-reactive ketones (excluding diaryl/α,β-unsaturated/α-hetero) is 1. The lowest BCUT2D eigenvalue weighted by Gasteiger charge is -2.36. The molecule has 0 aromatic heterocycles. The predicted molar refractivity (Wildman–Crippen MR) is 70.8 cm³/mol. The standard InChI is InChI=1S/C15H22O4/c1-9(2)8-19-12-5-4-10-13(14(17)18)11(16)6-7-15(10,12)3/h9,12H,4-8H2,1-3H3,(H,17,18)/t12-,15-/m1/s1. The SMILES string of the molecule is CC(C)CO[C@@H]1CCC2=C(C(=O)O)C(=O)CC[C@]21C. The van der Waals surface area contributed by atoms with Crippen molar-refractivity contribution >= 4 is 11.8 Å². The minimum absolute atomic E-state index is 0.0318. The van der Waals surface area contributed by atoms with Gasteiger partial charge in [-0.1, -0.05) is 20.8 Å². The van der Waals surface area contributed by atoms with Gasteiger partial charge in [0.15, 0.2) is 5.78 Å². The van der Waals surface area contributed by atoms with Crippen LogP contribution in [0.1, 0.15) is 46.5 Å². The van der Waals surface area contributed by atoms with Crippen LogP contribution < -0.4 is 0 Å². The third-order valence-electron chi connectivity index (χ3n) is 4.35. The Balaban J connectivity index is 2.29. The second kappa shape index (κ2) is 5.08. The van der Waals surface area contributed by atoms with Crippen LogP contribution in [0, 0.1) is 11.3 Å². The normalized spacial score (nSPS) is 30.9. The van der Waals surface area contributed by atoms with Crippen LogP contribution in [0.4, 0.5) is 0 Å². The lowest BCUT2D eigenvalue weighted by atomic mass is 9.71. The fraction of sp³-hybridized carbons (Fsp3) is 0.733. The Bertz CT molecular complexity index is 435. The third-order valence-corrected chi connectivity index (χ3v) is 4.35. The van der Waals surface area contributed by atoms with Crippen molar-refractivity contribution < 1.29 is 19.4 Å². The molecule has 0 amide bonds. The first kappa shape index (κ1) is 14.3. The molecule has 2 rings (SSSR count). The van der Waals surface area contributed by atoms with Crippen LogP contribution in [-0.4, -0.2) is 29.6 Å². The Morgan fingerprint density at radius 2 is 2.16 bits per heavy atom. The van der Waals surface area contributed by atoms with E-state index in [9.17, 15) is 14.7 Å². The van der Waals surface area contributed by atoms with Crippen molar-refractivity contribution in [2.75, 3.05) is 6.61 Å². The topological polar surface area (TPSA) is 63.6 Å². The van der Waals surface area contributed by atoms with E-state index in [1.807, 2.05) is 0 Å². The molecule has 0 aromatic rings. The van der Waals surface area contributed by atoms with E-state index in [1.165, 1.54) is 0 Å². The molecule has 0 radical (unpaired) electrons. The van der Waals surface area contributed by atoms with E-state index in [2.05, 4.69) is 20.8 Å². The molecule has 4 nitrogen and oxygen atoms in total. The highest BCUT2D eigenvalue weighted by Gasteiger charge is 2.49. The fourth-order valence-corrected chi connectivity index (χ4v) is 3.29. The van der Waals surface area contributed by atoms with Crippen molar-refractivity contribution in [2.45, 2.75) is 52.6 Å². The first-order chi connectivity index (χ1) is 8.86. The second-order valence-corrected chi connectivity index (χ2v) is 6.25. The molecule has 0 bridgehead atoms. The largest absolute Gasteiger partial charge is 0.478 e. The van der Waals surface area contributed by atoms with E-state index in [0.29, 0.717) is 31.8 Å². The molecule has 0 aliphatic heterocycles. The average Bonchev–Trinajstić information content (AvgIpc) is 2.63. The first-order valence-corrected chi connectivity index (χ1v) is 6.98. The van der Waals surface area contributed by atoms with E-state index < -0.39 is 5.97 Å². The van der Waals surface area contributed by atoms with Gasteiger partial charge >= 0.3 is 5.97 Å². The summed E-state index contributed by atoms with van der Waals surface area (Å²) in [7, 11) is 0. The number of carboxylic acids is 1. The molecular formula is C15H22O4. The molecule has 1 saturated carbocycles. The van der Waals surface area contributed by atoms with E-state index >= 15 is 0 Å². The molecule has 0 saturated heterocycles. The maximum absolute atomic E-state index is 11.8. The zero-order chi connectivity index (χ0) is 14.2. The smallest absolute Gasteiger partial charge is 0.339 e. The molecule has 2 aliphatic carbocycles. The number of ether oxygens (including phenoxy) is 1. The summed E-state index contributed by atoms with van der Waals surface area (Å²) in [5.41, 5.74) is 0.575. The molecule has 4 heteroatoms. The number of carbonyl (C=O) groups is 2. The fourth-order valence-electron chi connectivity index (χ4n) is 3.29. The van der Waals surface area contributed by atoms with Crippen LogP contribution in [0.2, 0.25) is 0 Å². The molecule has 2 atom stereocenters. The van der Waals surface area contributed by atoms with Gasteiger partial charge in [0, 0.05) is 18.4 Å². The highest BCUT2D eigenvalue weighted by molar-refractivity contribution is 6.18. The zero-order valence-electron chi connectivity index (χ0n) is 11.9. The van der Waals surface area contributed by atoms with Crippen molar-refractivity contribution in [2.24, 2.45) is 11.3 Å². The number of hydrogen-bond acceptors (Lipinski definition) is 3. The highest BCUT2D eigenvalue weighted by Crippen LogP contribution is 2.51. The van der Waals surface area contributed by atoms with Gasteiger partial charge in [-0.2, -0.15) is 0 Å². The lowest BCUT2D eigenvalue weighted by molar-refractivity contribution is -0.135. The number of rotatable bonds is 4. The van der Waals surface area contributed by atoms with E-state index in [-0.39, 0.29) is 22.9 Å². The molecule has 0 heterocycles. The van der Waals surface area contributed by atoms with Gasteiger partial charge in [-0.3, -0.25) is 4.79 Å². The quantitative estimate of drug-likeness (QED) is 0.794. The van der Waals surface area contributed by atoms with Gasteiger partial charge in [-0.05, 0) is 30.8 Å². The summed E-state index contributed by atoms with van der Waals surface area (Å²) in [6, 6.07) is 0. The number of fused-ring (bicyclic) bond motifs is 1. The lowest BCUT2D eigenvalue weighted by Crippen LogP contribution is -2.37. The third kappa shape index (κ3) is 2.46. The Morgan fingerprint density at radius 1 is 1.47 bits per heavy atom. The predicted octanol–water partition coefficient (Wildman–Crippen LogP) is 2.57. The molecular weight excluding hydrogens is 244 g/mol. The maximum atomic E-state index is 11.8. The van der Waals surface area contributed by atoms with Crippen molar-refractivity contribution in [1.82, 2.24) is 0 Å². The van der Waals surface area contributed by atoms with Crippen LogP contribution in [-0.2, 0) is 14.3 Å². The second-order valence-electron chi connectivity index (χ2n) is 6.25. The number of ketones is 1. The summed E-state index contributed by atoms with van der Waals surface area (Å²) in [5, 5.41) is 9.26. The Hall–Kier alpha value is -1.16. The Kier molecular flexibility index (Phi) is 3.81. The van der Waals surface area contributed by atoms with Crippen molar-refractivity contribution in [1.29, 1.82) is 0 Å². The summed E-state index contributed by atoms with van der Waals surface area (Å²) >= 11 is 0. The van der Waals surface area contributed by atoms with Crippen LogP contribution in [0.15, 0.2) is 11.1 Å². The van der Waals surface area contributed by atoms with Gasteiger partial charge in [0.25, 0.3) is 0 Å². The van der Waals surface area contributed by atoms with Crippen molar-refractivity contribution in [3.63, 3.8) is 0 Å². The first-order valence-electron chi connectivity index (χ1n) is 6.98. The van der Waals surface area contributed by atoms with E-state index in [1.54, 1.807) is 0 Å². The van der Waals surface area contributed by atoms with Crippen molar-refractivity contribution in [3.05, 3.63) is 11.1 Å². The molecule has 1 N–H and O–H groups in total. The zero-order valence-corrected chi connectivity index (χ0v) is 11.9. The number of carbonyl (C=O) groups excluding carboxylic acids is 1. The minimum atomic E-state index is -1.07. The van der Waals surface area contributed by atoms with Gasteiger partial charge in [0.1, 0.15) is 5.57 Å². The van der Waals surface area contributed by atoms with Gasteiger partial charge in [0.05, 0.1) is 6.10 Å². The van der Waals surface area contributed by atoms with Crippen LogP contribution in [0.5, 0.6) is 0 Å². The summed E-state index contributed by atoms with van der Waals surface area (Å²) in [4.78, 5) is 23.1. The van der Waals surface area contributed by atoms with Gasteiger partial charge < -0.3 is 9.84 Å². The Morgan fingerprint density at radius 3 is 2.74 bits per heavy atom. The summed E-state index contributed by atoms with van der Waals surface area (Å²) in [6.07, 6.45) is 2.58. The molecule has 106 valence electrons. The number of carboxylic acid groups (broad SMARTS) is 1. The summed E-state index contributed by atoms with van der Waals surface area (Å²) in [6.45, 7) is 6.93. The van der Waals surface area contributed by atoms with Crippen LogP contribution >= 0.6 is 0 Å². The van der Waals surface area contributed by atoms with Crippen LogP contribution in [0.3, 0.4) is 0 Å². The van der Waals surface area contributed by atoms with Crippen LogP contribution in [0.25, 0.3) is 0 Å². The van der Waals surface area contributed by atoms with E-state index in [4.69, 9.17) is 4.74 Å². The molecule has 0 aromatic carbocycles. The molecule has 19 heavy (non-hydrogen) atoms. The molecule has 0 unspecified atom stereocenters. The van der Waals surface area contributed by atoms with Gasteiger partial charge in [-0.25, -0.2) is 4.79 Å². The number of aliphatic carboxylic acids is 1. The average molecular weight is 266 g/mol. The molecule has 2 aliphatic rings. The Labute approximate surface area is 113 Å². The summed E-state index contributed by atoms with van der Waals surface area (Å²) < 4.78 is 5.96. The monoisotopic (exact) mass is 266 g/mol. The van der Waals surface area contributed by atoms with E-state index in [0.717, 1.165) is 12.0 Å².